The first-order valence-electron chi connectivity index (χ1n) is 11.1. The Balaban J connectivity index is 1.55. The van der Waals surface area contributed by atoms with Gasteiger partial charge in [-0.2, -0.15) is 5.10 Å². The number of aryl methyl sites for hydroxylation is 1. The first kappa shape index (κ1) is 22.8. The molecule has 0 spiro atoms. The number of methoxy groups -OCH3 is 1. The van der Waals surface area contributed by atoms with Gasteiger partial charge in [-0.1, -0.05) is 0 Å². The van der Waals surface area contributed by atoms with E-state index in [1.807, 2.05) is 6.92 Å². The summed E-state index contributed by atoms with van der Waals surface area (Å²) >= 11 is 0. The maximum absolute atomic E-state index is 13.5. The maximum Gasteiger partial charge on any atom is 0.226 e. The van der Waals surface area contributed by atoms with Crippen molar-refractivity contribution in [2.45, 2.75) is 38.7 Å². The van der Waals surface area contributed by atoms with E-state index in [0.717, 1.165) is 30.7 Å². The molecule has 7 nitrogen and oxygen atoms in total. The van der Waals surface area contributed by atoms with Crippen LogP contribution in [-0.4, -0.2) is 42.1 Å². The van der Waals surface area contributed by atoms with E-state index in [1.54, 1.807) is 48.2 Å². The van der Waals surface area contributed by atoms with Crippen molar-refractivity contribution in [3.63, 3.8) is 0 Å². The van der Waals surface area contributed by atoms with Crippen LogP contribution in [0.1, 0.15) is 30.5 Å². The summed E-state index contributed by atoms with van der Waals surface area (Å²) in [5.41, 5.74) is 2.23. The molecule has 1 atom stereocenters. The van der Waals surface area contributed by atoms with Crippen LogP contribution in [-0.2, 0) is 16.0 Å². The third-order valence-corrected chi connectivity index (χ3v) is 5.64. The molecule has 33 heavy (non-hydrogen) atoms. The van der Waals surface area contributed by atoms with E-state index in [9.17, 15) is 9.18 Å². The van der Waals surface area contributed by atoms with E-state index >= 15 is 0 Å². The number of nitrogens with one attached hydrogen (secondary N) is 1. The number of nitrogens with zero attached hydrogens (tertiary/aromatic N) is 2. The third kappa shape index (κ3) is 5.70. The molecule has 8 heteroatoms. The van der Waals surface area contributed by atoms with Crippen LogP contribution in [0.5, 0.6) is 17.4 Å². The highest BCUT2D eigenvalue weighted by atomic mass is 19.1. The summed E-state index contributed by atoms with van der Waals surface area (Å²) in [6.07, 6.45) is 2.86. The molecule has 2 heterocycles. The zero-order valence-electron chi connectivity index (χ0n) is 18.8. The number of aromatic nitrogens is 2. The van der Waals surface area contributed by atoms with Gasteiger partial charge in [0.25, 0.3) is 0 Å². The fourth-order valence-electron chi connectivity index (χ4n) is 3.80. The summed E-state index contributed by atoms with van der Waals surface area (Å²) in [6, 6.07) is 13.2. The molecule has 1 fully saturated rings. The average Bonchev–Trinajstić information content (AvgIpc) is 3.45. The second-order valence-electron chi connectivity index (χ2n) is 7.97. The summed E-state index contributed by atoms with van der Waals surface area (Å²) in [5, 5.41) is 7.57. The molecule has 174 valence electrons. The van der Waals surface area contributed by atoms with Crippen LogP contribution in [0.4, 0.5) is 4.39 Å². The van der Waals surface area contributed by atoms with E-state index in [0.29, 0.717) is 42.5 Å². The Kier molecular flexibility index (Phi) is 7.24. The van der Waals surface area contributed by atoms with Crippen LogP contribution < -0.4 is 14.8 Å². The van der Waals surface area contributed by atoms with Crippen molar-refractivity contribution in [3.05, 3.63) is 65.6 Å². The predicted octanol–water partition coefficient (Wildman–Crippen LogP) is 4.35. The van der Waals surface area contributed by atoms with Gasteiger partial charge >= 0.3 is 0 Å². The maximum atomic E-state index is 13.5. The van der Waals surface area contributed by atoms with Crippen molar-refractivity contribution in [1.82, 2.24) is 15.1 Å². The molecule has 1 unspecified atom stereocenters. The summed E-state index contributed by atoms with van der Waals surface area (Å²) in [7, 11) is 1.60. The molecule has 1 amide bonds. The highest BCUT2D eigenvalue weighted by molar-refractivity contribution is 5.76. The van der Waals surface area contributed by atoms with Crippen molar-refractivity contribution in [1.29, 1.82) is 0 Å². The normalized spacial score (nSPS) is 15.4. The number of benzene rings is 2. The summed E-state index contributed by atoms with van der Waals surface area (Å²) in [4.78, 5) is 12.4. The molecular weight excluding hydrogens is 425 g/mol. The van der Waals surface area contributed by atoms with Gasteiger partial charge in [0.05, 0.1) is 24.6 Å². The van der Waals surface area contributed by atoms with Gasteiger partial charge in [0.15, 0.2) is 0 Å². The zero-order chi connectivity index (χ0) is 23.2. The van der Waals surface area contributed by atoms with Crippen molar-refractivity contribution in [3.8, 4) is 23.1 Å². The molecule has 1 N–H and O–H groups in total. The molecule has 0 saturated carbocycles. The number of rotatable bonds is 9. The molecule has 3 aromatic rings. The lowest BCUT2D eigenvalue weighted by Gasteiger charge is -2.13. The first-order valence-corrected chi connectivity index (χ1v) is 11.1. The second kappa shape index (κ2) is 10.5. The molecule has 4 rings (SSSR count). The lowest BCUT2D eigenvalue weighted by Crippen LogP contribution is -2.31. The van der Waals surface area contributed by atoms with Crippen LogP contribution in [0.25, 0.3) is 5.69 Å². The lowest BCUT2D eigenvalue weighted by atomic mass is 10.1. The van der Waals surface area contributed by atoms with Gasteiger partial charge in [0, 0.05) is 25.1 Å². The number of halogens is 1. The van der Waals surface area contributed by atoms with Crippen molar-refractivity contribution in [2.24, 2.45) is 0 Å². The molecule has 0 aliphatic carbocycles. The highest BCUT2D eigenvalue weighted by Gasteiger charge is 2.21. The van der Waals surface area contributed by atoms with Crippen LogP contribution in [0.3, 0.4) is 0 Å². The number of ether oxygens (including phenoxy) is 3. The molecule has 1 saturated heterocycles. The van der Waals surface area contributed by atoms with Gasteiger partial charge in [0.2, 0.25) is 11.8 Å². The van der Waals surface area contributed by atoms with Crippen molar-refractivity contribution < 1.29 is 23.4 Å². The van der Waals surface area contributed by atoms with E-state index in [2.05, 4.69) is 10.4 Å². The molecule has 1 aliphatic rings. The molecule has 0 bridgehead atoms. The predicted molar refractivity (Wildman–Crippen MR) is 122 cm³/mol. The topological polar surface area (TPSA) is 74.6 Å². The number of hydrogen-bond donors (Lipinski definition) is 1. The third-order valence-electron chi connectivity index (χ3n) is 5.64. The Morgan fingerprint density at radius 1 is 1.18 bits per heavy atom. The smallest absolute Gasteiger partial charge is 0.226 e. The van der Waals surface area contributed by atoms with E-state index in [1.165, 1.54) is 12.1 Å². The summed E-state index contributed by atoms with van der Waals surface area (Å²) in [5.74, 6) is 1.44. The number of carbonyl (C=O) groups is 1. The molecule has 2 aromatic carbocycles. The fraction of sp³-hybridized carbons (Fsp3) is 0.360. The first-order chi connectivity index (χ1) is 16.0. The number of hydrogen-bond acceptors (Lipinski definition) is 5. The highest BCUT2D eigenvalue weighted by Crippen LogP contribution is 2.32. The minimum atomic E-state index is -0.330. The van der Waals surface area contributed by atoms with Gasteiger partial charge in [0.1, 0.15) is 17.3 Å². The summed E-state index contributed by atoms with van der Waals surface area (Å²) < 4.78 is 32.1. The number of amides is 1. The fourth-order valence-corrected chi connectivity index (χ4v) is 3.80. The average molecular weight is 454 g/mol. The largest absolute Gasteiger partial charge is 0.497 e. The molecule has 1 aliphatic heterocycles. The number of carbonyl (C=O) groups excluding carboxylic acids is 1. The van der Waals surface area contributed by atoms with Crippen LogP contribution in [0.2, 0.25) is 0 Å². The standard InChI is InChI=1S/C25H28FN3O4/c1-17-23(13-14-24(30)27-16-22-4-3-15-32-22)25(33-21-11-9-20(31-2)10-12-21)29(28-17)19-7-5-18(26)6-8-19/h5-12,22H,3-4,13-16H2,1-2H3,(H,27,30). The van der Waals surface area contributed by atoms with Crippen molar-refractivity contribution >= 4 is 5.91 Å². The minimum absolute atomic E-state index is 0.0465. The van der Waals surface area contributed by atoms with Crippen LogP contribution in [0.15, 0.2) is 48.5 Å². The summed E-state index contributed by atoms with van der Waals surface area (Å²) in [6.45, 7) is 3.16. The monoisotopic (exact) mass is 453 g/mol. The van der Waals surface area contributed by atoms with E-state index < -0.39 is 0 Å². The quantitative estimate of drug-likeness (QED) is 0.522. The molecule has 1 aromatic heterocycles. The minimum Gasteiger partial charge on any atom is -0.497 e. The van der Waals surface area contributed by atoms with Gasteiger partial charge in [-0.15, -0.1) is 0 Å². The Hall–Kier alpha value is -3.39. The van der Waals surface area contributed by atoms with Gasteiger partial charge in [-0.3, -0.25) is 4.79 Å². The molecular formula is C25H28FN3O4. The second-order valence-corrected chi connectivity index (χ2v) is 7.97. The van der Waals surface area contributed by atoms with E-state index in [-0.39, 0.29) is 17.8 Å². The Labute approximate surface area is 192 Å². The lowest BCUT2D eigenvalue weighted by molar-refractivity contribution is -0.121. The van der Waals surface area contributed by atoms with Crippen LogP contribution >= 0.6 is 0 Å². The van der Waals surface area contributed by atoms with Crippen LogP contribution in [0, 0.1) is 12.7 Å². The molecule has 0 radical (unpaired) electrons. The van der Waals surface area contributed by atoms with Gasteiger partial charge in [-0.05, 0) is 74.7 Å². The van der Waals surface area contributed by atoms with Gasteiger partial charge in [-0.25, -0.2) is 9.07 Å². The van der Waals surface area contributed by atoms with Gasteiger partial charge < -0.3 is 19.5 Å². The van der Waals surface area contributed by atoms with Crippen molar-refractivity contribution in [2.75, 3.05) is 20.3 Å². The Bertz CT molecular complexity index is 1070. The zero-order valence-corrected chi connectivity index (χ0v) is 18.8. The SMILES string of the molecule is COc1ccc(Oc2c(CCC(=O)NCC3CCCO3)c(C)nn2-c2ccc(F)cc2)cc1. The Morgan fingerprint density at radius 3 is 2.58 bits per heavy atom. The Morgan fingerprint density at radius 2 is 1.91 bits per heavy atom. The van der Waals surface area contributed by atoms with E-state index in [4.69, 9.17) is 14.2 Å².